The smallest absolute Gasteiger partial charge is 0.228 e. The number of ether oxygens (including phenoxy) is 2. The first-order valence-corrected chi connectivity index (χ1v) is 9.53. The Morgan fingerprint density at radius 2 is 1.79 bits per heavy atom. The van der Waals surface area contributed by atoms with Crippen LogP contribution in [0.2, 0.25) is 10.0 Å². The van der Waals surface area contributed by atoms with E-state index >= 15 is 0 Å². The van der Waals surface area contributed by atoms with Crippen molar-refractivity contribution in [3.05, 3.63) is 28.4 Å². The molecular formula is C19H17Cl2N5O3. The first kappa shape index (κ1) is 19.5. The van der Waals surface area contributed by atoms with Crippen LogP contribution in [0.4, 0.5) is 11.6 Å². The van der Waals surface area contributed by atoms with Gasteiger partial charge in [-0.1, -0.05) is 23.2 Å². The van der Waals surface area contributed by atoms with Crippen molar-refractivity contribution in [1.82, 2.24) is 15.0 Å². The molecule has 10 heteroatoms. The summed E-state index contributed by atoms with van der Waals surface area (Å²) >= 11 is 13.0. The van der Waals surface area contributed by atoms with Gasteiger partial charge in [-0.3, -0.25) is 4.79 Å². The number of aromatic nitrogens is 3. The van der Waals surface area contributed by atoms with Gasteiger partial charge in [-0.2, -0.15) is 0 Å². The average molecular weight is 434 g/mol. The minimum Gasteiger partial charge on any atom is -0.495 e. The molecule has 1 aromatic carbocycles. The fourth-order valence-electron chi connectivity index (χ4n) is 2.90. The number of fused-ring (bicyclic) bond motifs is 1. The van der Waals surface area contributed by atoms with Crippen molar-refractivity contribution < 1.29 is 14.3 Å². The molecule has 2 heterocycles. The maximum Gasteiger partial charge on any atom is 0.228 e. The second-order valence-electron chi connectivity index (χ2n) is 6.57. The molecule has 1 aliphatic rings. The van der Waals surface area contributed by atoms with E-state index in [2.05, 4.69) is 20.3 Å². The molecule has 0 aliphatic heterocycles. The van der Waals surface area contributed by atoms with Crippen molar-refractivity contribution in [2.24, 2.45) is 5.92 Å². The van der Waals surface area contributed by atoms with E-state index in [9.17, 15) is 4.79 Å². The van der Waals surface area contributed by atoms with Crippen molar-refractivity contribution in [2.45, 2.75) is 12.8 Å². The van der Waals surface area contributed by atoms with Crippen LogP contribution in [0.1, 0.15) is 12.8 Å². The quantitative estimate of drug-likeness (QED) is 0.625. The molecule has 0 unspecified atom stereocenters. The minimum atomic E-state index is -0.105. The lowest BCUT2D eigenvalue weighted by Gasteiger charge is -2.15. The summed E-state index contributed by atoms with van der Waals surface area (Å²) < 4.78 is 10.6. The number of amides is 1. The summed E-state index contributed by atoms with van der Waals surface area (Å²) in [5.74, 6) is 1.39. The van der Waals surface area contributed by atoms with Crippen molar-refractivity contribution in [3.63, 3.8) is 0 Å². The molecular weight excluding hydrogens is 417 g/mol. The number of rotatable bonds is 5. The third kappa shape index (κ3) is 3.61. The first-order valence-electron chi connectivity index (χ1n) is 8.77. The summed E-state index contributed by atoms with van der Waals surface area (Å²) in [6.45, 7) is 0. The van der Waals surface area contributed by atoms with Gasteiger partial charge in [0.15, 0.2) is 5.82 Å². The van der Waals surface area contributed by atoms with E-state index in [1.165, 1.54) is 20.4 Å². The number of benzene rings is 1. The van der Waals surface area contributed by atoms with Crippen LogP contribution in [0.3, 0.4) is 0 Å². The summed E-state index contributed by atoms with van der Waals surface area (Å²) in [7, 11) is 2.96. The molecule has 0 spiro atoms. The molecule has 8 nitrogen and oxygen atoms in total. The number of nitrogen functional groups attached to an aromatic ring is 1. The highest BCUT2D eigenvalue weighted by Gasteiger charge is 2.30. The monoisotopic (exact) mass is 433 g/mol. The van der Waals surface area contributed by atoms with Gasteiger partial charge in [0.2, 0.25) is 5.91 Å². The molecule has 29 heavy (non-hydrogen) atoms. The first-order chi connectivity index (χ1) is 13.9. The zero-order valence-corrected chi connectivity index (χ0v) is 17.1. The van der Waals surface area contributed by atoms with E-state index in [4.69, 9.17) is 38.4 Å². The van der Waals surface area contributed by atoms with Crippen LogP contribution in [-0.2, 0) is 4.79 Å². The number of nitrogens with two attached hydrogens (primary N) is 1. The number of carbonyl (C=O) groups is 1. The van der Waals surface area contributed by atoms with Gasteiger partial charge >= 0.3 is 0 Å². The Hall–Kier alpha value is -2.84. The summed E-state index contributed by atoms with van der Waals surface area (Å²) in [4.78, 5) is 25.5. The van der Waals surface area contributed by atoms with Crippen LogP contribution in [-0.4, -0.2) is 35.1 Å². The highest BCUT2D eigenvalue weighted by molar-refractivity contribution is 6.41. The molecule has 0 atom stereocenters. The SMILES string of the molecule is COc1cc(OC)c(Cl)c(-c2nc(NC(=O)C3CC3)c3cc(N)ncc3n2)c1Cl. The lowest BCUT2D eigenvalue weighted by molar-refractivity contribution is -0.117. The van der Waals surface area contributed by atoms with Crippen LogP contribution < -0.4 is 20.5 Å². The molecule has 1 saturated carbocycles. The maximum absolute atomic E-state index is 12.4. The van der Waals surface area contributed by atoms with Crippen LogP contribution in [0.15, 0.2) is 18.3 Å². The number of hydrogen-bond donors (Lipinski definition) is 2. The van der Waals surface area contributed by atoms with Crippen molar-refractivity contribution in [1.29, 1.82) is 0 Å². The molecule has 1 amide bonds. The molecule has 0 radical (unpaired) electrons. The van der Waals surface area contributed by atoms with Crippen molar-refractivity contribution in [2.75, 3.05) is 25.3 Å². The summed E-state index contributed by atoms with van der Waals surface area (Å²) in [6, 6.07) is 3.18. The van der Waals surface area contributed by atoms with E-state index in [1.54, 1.807) is 12.1 Å². The molecule has 3 aromatic rings. The third-order valence-corrected chi connectivity index (χ3v) is 5.34. The molecule has 1 fully saturated rings. The van der Waals surface area contributed by atoms with Crippen LogP contribution in [0.5, 0.6) is 11.5 Å². The predicted molar refractivity (Wildman–Crippen MR) is 112 cm³/mol. The largest absolute Gasteiger partial charge is 0.495 e. The molecule has 0 bridgehead atoms. The summed E-state index contributed by atoms with van der Waals surface area (Å²) in [6.07, 6.45) is 3.22. The molecule has 150 valence electrons. The lowest BCUT2D eigenvalue weighted by atomic mass is 10.1. The second-order valence-corrected chi connectivity index (χ2v) is 7.33. The Bertz CT molecular complexity index is 1110. The molecule has 1 aliphatic carbocycles. The Labute approximate surface area is 176 Å². The topological polar surface area (TPSA) is 112 Å². The van der Waals surface area contributed by atoms with Gasteiger partial charge in [-0.25, -0.2) is 15.0 Å². The zero-order chi connectivity index (χ0) is 20.7. The van der Waals surface area contributed by atoms with Crippen LogP contribution in [0, 0.1) is 5.92 Å². The van der Waals surface area contributed by atoms with Crippen molar-refractivity contribution in [3.8, 4) is 22.9 Å². The molecule has 2 aromatic heterocycles. The Balaban J connectivity index is 1.95. The normalized spacial score (nSPS) is 13.4. The predicted octanol–water partition coefficient (Wildman–Crippen LogP) is 3.95. The standard InChI is InChI=1S/C19H17Cl2N5O3/c1-28-11-6-12(29-2)16(21)14(15(11)20)18-24-10-7-23-13(22)5-9(10)17(25-18)26-19(27)8-3-4-8/h5-8H,3-4H2,1-2H3,(H2,22,23)(H,24,25,26,27). The van der Waals surface area contributed by atoms with E-state index in [1.807, 2.05) is 0 Å². The highest BCUT2D eigenvalue weighted by Crippen LogP contribution is 2.45. The molecule has 4 rings (SSSR count). The fourth-order valence-corrected chi connectivity index (χ4v) is 3.57. The van der Waals surface area contributed by atoms with Gasteiger partial charge in [0.25, 0.3) is 0 Å². The van der Waals surface area contributed by atoms with Crippen LogP contribution >= 0.6 is 23.2 Å². The van der Waals surface area contributed by atoms with Gasteiger partial charge in [0.1, 0.15) is 23.1 Å². The Morgan fingerprint density at radius 1 is 1.14 bits per heavy atom. The number of hydrogen-bond acceptors (Lipinski definition) is 7. The lowest BCUT2D eigenvalue weighted by Crippen LogP contribution is -2.15. The number of carbonyl (C=O) groups excluding carboxylic acids is 1. The van der Waals surface area contributed by atoms with Gasteiger partial charge in [0.05, 0.1) is 41.5 Å². The number of nitrogens with one attached hydrogen (secondary N) is 1. The number of halogens is 2. The summed E-state index contributed by atoms with van der Waals surface area (Å²) in [5.41, 5.74) is 6.61. The van der Waals surface area contributed by atoms with Gasteiger partial charge in [-0.15, -0.1) is 0 Å². The Kier molecular flexibility index (Phi) is 5.06. The molecule has 3 N–H and O–H groups in total. The summed E-state index contributed by atoms with van der Waals surface area (Å²) in [5, 5.41) is 3.87. The number of nitrogens with zero attached hydrogens (tertiary/aromatic N) is 3. The van der Waals surface area contributed by atoms with Gasteiger partial charge in [-0.05, 0) is 18.9 Å². The van der Waals surface area contributed by atoms with Crippen molar-refractivity contribution >= 4 is 51.6 Å². The third-order valence-electron chi connectivity index (χ3n) is 4.59. The molecule has 0 saturated heterocycles. The number of methoxy groups -OCH3 is 2. The number of anilines is 2. The van der Waals surface area contributed by atoms with Crippen LogP contribution in [0.25, 0.3) is 22.3 Å². The van der Waals surface area contributed by atoms with E-state index in [0.29, 0.717) is 33.8 Å². The van der Waals surface area contributed by atoms with Gasteiger partial charge in [0, 0.05) is 17.4 Å². The highest BCUT2D eigenvalue weighted by atomic mass is 35.5. The van der Waals surface area contributed by atoms with E-state index < -0.39 is 0 Å². The average Bonchev–Trinajstić information content (AvgIpc) is 3.54. The number of pyridine rings is 1. The van der Waals surface area contributed by atoms with Gasteiger partial charge < -0.3 is 20.5 Å². The van der Waals surface area contributed by atoms with E-state index in [-0.39, 0.29) is 33.5 Å². The fraction of sp³-hybridized carbons (Fsp3) is 0.263. The van der Waals surface area contributed by atoms with E-state index in [0.717, 1.165) is 12.8 Å². The maximum atomic E-state index is 12.4. The Morgan fingerprint density at radius 3 is 2.38 bits per heavy atom. The zero-order valence-electron chi connectivity index (χ0n) is 15.6. The second kappa shape index (κ2) is 7.53. The minimum absolute atomic E-state index is 0.00765.